The van der Waals surface area contributed by atoms with Crippen molar-refractivity contribution < 1.29 is 17.3 Å². The molecule has 0 aromatic heterocycles. The van der Waals surface area contributed by atoms with Crippen molar-refractivity contribution in [2.45, 2.75) is 18.7 Å². The van der Waals surface area contributed by atoms with Gasteiger partial charge < -0.3 is 8.92 Å². The SMILES string of the molecule is COc1cc(C=Nc2ccc(C)cc2C)cc(Cl)c1OS(=O)(=O)c1ccccc1. The second-order valence-electron chi connectivity index (χ2n) is 6.43. The van der Waals surface area contributed by atoms with Gasteiger partial charge in [0.2, 0.25) is 5.75 Å². The molecule has 29 heavy (non-hydrogen) atoms. The first-order chi connectivity index (χ1) is 13.8. The number of ether oxygens (including phenoxy) is 1. The van der Waals surface area contributed by atoms with Gasteiger partial charge in [0.1, 0.15) is 4.90 Å². The van der Waals surface area contributed by atoms with Gasteiger partial charge >= 0.3 is 10.1 Å². The summed E-state index contributed by atoms with van der Waals surface area (Å²) >= 11 is 6.31. The Hall–Kier alpha value is -2.83. The normalized spacial score (nSPS) is 11.6. The summed E-state index contributed by atoms with van der Waals surface area (Å²) in [6, 6.07) is 17.0. The maximum Gasteiger partial charge on any atom is 0.339 e. The van der Waals surface area contributed by atoms with E-state index in [1.807, 2.05) is 32.0 Å². The molecule has 0 radical (unpaired) electrons. The van der Waals surface area contributed by atoms with Gasteiger partial charge in [0.25, 0.3) is 0 Å². The molecule has 3 rings (SSSR count). The van der Waals surface area contributed by atoms with Crippen LogP contribution >= 0.6 is 11.6 Å². The third-order valence-corrected chi connectivity index (χ3v) is 5.70. The van der Waals surface area contributed by atoms with Crippen molar-refractivity contribution in [1.82, 2.24) is 0 Å². The lowest BCUT2D eigenvalue weighted by Crippen LogP contribution is -2.11. The lowest BCUT2D eigenvalue weighted by atomic mass is 10.1. The number of nitrogens with zero attached hydrogens (tertiary/aromatic N) is 1. The maximum atomic E-state index is 12.5. The molecule has 0 atom stereocenters. The Bertz CT molecular complexity index is 1160. The Morgan fingerprint density at radius 3 is 2.38 bits per heavy atom. The standard InChI is InChI=1S/C22H20ClNO4S/c1-15-9-10-20(16(2)11-15)24-14-17-12-19(23)22(21(13-17)27-3)28-29(25,26)18-7-5-4-6-8-18/h4-14H,1-3H3. The van der Waals surface area contributed by atoms with Gasteiger partial charge in [-0.2, -0.15) is 8.42 Å². The number of rotatable bonds is 6. The monoisotopic (exact) mass is 429 g/mol. The molecule has 3 aromatic rings. The highest BCUT2D eigenvalue weighted by molar-refractivity contribution is 7.87. The van der Waals surface area contributed by atoms with Crippen LogP contribution in [0.15, 0.2) is 70.6 Å². The zero-order valence-corrected chi connectivity index (χ0v) is 17.8. The highest BCUT2D eigenvalue weighted by Crippen LogP contribution is 2.38. The molecule has 0 unspecified atom stereocenters. The second kappa shape index (κ2) is 8.68. The van der Waals surface area contributed by atoms with Crippen molar-refractivity contribution in [1.29, 1.82) is 0 Å². The average molecular weight is 430 g/mol. The van der Waals surface area contributed by atoms with E-state index >= 15 is 0 Å². The van der Waals surface area contributed by atoms with Crippen LogP contribution in [0.25, 0.3) is 0 Å². The summed E-state index contributed by atoms with van der Waals surface area (Å²) in [6.45, 7) is 4.01. The summed E-state index contributed by atoms with van der Waals surface area (Å²) in [7, 11) is -2.63. The highest BCUT2D eigenvalue weighted by Gasteiger charge is 2.21. The van der Waals surface area contributed by atoms with E-state index in [0.717, 1.165) is 16.8 Å². The first-order valence-corrected chi connectivity index (χ1v) is 10.6. The molecule has 0 aliphatic carbocycles. The predicted molar refractivity (Wildman–Crippen MR) is 115 cm³/mol. The van der Waals surface area contributed by atoms with E-state index < -0.39 is 10.1 Å². The average Bonchev–Trinajstić information content (AvgIpc) is 2.69. The van der Waals surface area contributed by atoms with Crippen molar-refractivity contribution in [2.24, 2.45) is 4.99 Å². The minimum absolute atomic E-state index is 0.0265. The highest BCUT2D eigenvalue weighted by atomic mass is 35.5. The number of hydrogen-bond donors (Lipinski definition) is 0. The molecular formula is C22H20ClNO4S. The molecule has 0 aliphatic heterocycles. The lowest BCUT2D eigenvalue weighted by Gasteiger charge is -2.13. The van der Waals surface area contributed by atoms with Crippen LogP contribution in [0, 0.1) is 13.8 Å². The third kappa shape index (κ3) is 4.96. The van der Waals surface area contributed by atoms with E-state index in [1.165, 1.54) is 19.2 Å². The fourth-order valence-electron chi connectivity index (χ4n) is 2.73. The Kier molecular flexibility index (Phi) is 6.25. The van der Waals surface area contributed by atoms with Crippen LogP contribution in [-0.2, 0) is 10.1 Å². The molecule has 0 N–H and O–H groups in total. The summed E-state index contributed by atoms with van der Waals surface area (Å²) in [4.78, 5) is 4.51. The molecule has 5 nitrogen and oxygen atoms in total. The summed E-state index contributed by atoms with van der Waals surface area (Å²) in [5, 5.41) is 0.103. The quantitative estimate of drug-likeness (QED) is 0.384. The predicted octanol–water partition coefficient (Wildman–Crippen LogP) is 5.48. The molecule has 0 saturated heterocycles. The molecule has 3 aromatic carbocycles. The molecule has 7 heteroatoms. The van der Waals surface area contributed by atoms with Gasteiger partial charge in [-0.15, -0.1) is 0 Å². The summed E-state index contributed by atoms with van der Waals surface area (Å²) < 4.78 is 35.6. The van der Waals surface area contributed by atoms with Crippen LogP contribution in [-0.4, -0.2) is 21.7 Å². The van der Waals surface area contributed by atoms with Crippen LogP contribution < -0.4 is 8.92 Å². The number of halogens is 1. The Morgan fingerprint density at radius 2 is 1.72 bits per heavy atom. The minimum atomic E-state index is -4.04. The molecule has 150 valence electrons. The van der Waals surface area contributed by atoms with E-state index in [2.05, 4.69) is 4.99 Å². The fourth-order valence-corrected chi connectivity index (χ4v) is 4.02. The number of hydrogen-bond acceptors (Lipinski definition) is 5. The van der Waals surface area contributed by atoms with Crippen molar-refractivity contribution in [2.75, 3.05) is 7.11 Å². The number of aryl methyl sites for hydroxylation is 2. The van der Waals surface area contributed by atoms with Crippen LogP contribution in [0.2, 0.25) is 5.02 Å². The largest absolute Gasteiger partial charge is 0.493 e. The zero-order valence-electron chi connectivity index (χ0n) is 16.2. The Balaban J connectivity index is 1.93. The number of methoxy groups -OCH3 is 1. The van der Waals surface area contributed by atoms with Crippen molar-refractivity contribution in [3.8, 4) is 11.5 Å². The minimum Gasteiger partial charge on any atom is -0.493 e. The molecule has 0 aliphatic rings. The van der Waals surface area contributed by atoms with E-state index in [9.17, 15) is 8.42 Å². The smallest absolute Gasteiger partial charge is 0.339 e. The van der Waals surface area contributed by atoms with E-state index in [1.54, 1.807) is 36.5 Å². The molecule has 0 spiro atoms. The molecular weight excluding hydrogens is 410 g/mol. The van der Waals surface area contributed by atoms with Crippen molar-refractivity contribution in [3.05, 3.63) is 82.4 Å². The van der Waals surface area contributed by atoms with Gasteiger partial charge in [-0.25, -0.2) is 0 Å². The molecule has 0 bridgehead atoms. The molecule has 0 heterocycles. The lowest BCUT2D eigenvalue weighted by molar-refractivity contribution is 0.390. The second-order valence-corrected chi connectivity index (χ2v) is 8.39. The summed E-state index contributed by atoms with van der Waals surface area (Å²) in [5.74, 6) is 0.126. The van der Waals surface area contributed by atoms with E-state index in [0.29, 0.717) is 5.56 Å². The van der Waals surface area contributed by atoms with Crippen LogP contribution in [0.1, 0.15) is 16.7 Å². The van der Waals surface area contributed by atoms with Crippen LogP contribution in [0.4, 0.5) is 5.69 Å². The number of aliphatic imine (C=N–C) groups is 1. The van der Waals surface area contributed by atoms with Gasteiger partial charge in [-0.1, -0.05) is 47.5 Å². The topological polar surface area (TPSA) is 65.0 Å². The third-order valence-electron chi connectivity index (χ3n) is 4.18. The van der Waals surface area contributed by atoms with Crippen molar-refractivity contribution >= 4 is 33.6 Å². The first kappa shape index (κ1) is 20.9. The van der Waals surface area contributed by atoms with Gasteiger partial charge in [0, 0.05) is 6.21 Å². The molecule has 0 saturated carbocycles. The molecule has 0 fully saturated rings. The van der Waals surface area contributed by atoms with Gasteiger partial charge in [0.05, 0.1) is 17.8 Å². The van der Waals surface area contributed by atoms with Gasteiger partial charge in [-0.05, 0) is 55.3 Å². The first-order valence-electron chi connectivity index (χ1n) is 8.78. The fraction of sp³-hybridized carbons (Fsp3) is 0.136. The molecule has 0 amide bonds. The summed E-state index contributed by atoms with van der Waals surface area (Å²) in [6.07, 6.45) is 1.64. The van der Waals surface area contributed by atoms with Crippen molar-refractivity contribution in [3.63, 3.8) is 0 Å². The van der Waals surface area contributed by atoms with Crippen LogP contribution in [0.3, 0.4) is 0 Å². The summed E-state index contributed by atoms with van der Waals surface area (Å²) in [5.41, 5.74) is 3.69. The van der Waals surface area contributed by atoms with Gasteiger partial charge in [0.15, 0.2) is 5.75 Å². The Labute approximate surface area is 175 Å². The number of benzene rings is 3. The van der Waals surface area contributed by atoms with Crippen LogP contribution in [0.5, 0.6) is 11.5 Å². The maximum absolute atomic E-state index is 12.5. The van der Waals surface area contributed by atoms with E-state index in [-0.39, 0.29) is 21.4 Å². The zero-order chi connectivity index (χ0) is 21.0. The Morgan fingerprint density at radius 1 is 1.00 bits per heavy atom. The van der Waals surface area contributed by atoms with Gasteiger partial charge in [-0.3, -0.25) is 4.99 Å². The van der Waals surface area contributed by atoms with E-state index in [4.69, 9.17) is 20.5 Å².